The number of hydrogen-bond donors (Lipinski definition) is 1. The Morgan fingerprint density at radius 1 is 1.21 bits per heavy atom. The third-order valence-electron chi connectivity index (χ3n) is 6.18. The minimum atomic E-state index is -0.615. The predicted molar refractivity (Wildman–Crippen MR) is 74.5 cm³/mol. The molecule has 0 radical (unpaired) electrons. The van der Waals surface area contributed by atoms with E-state index < -0.39 is 6.09 Å². The van der Waals surface area contributed by atoms with Crippen LogP contribution >= 0.6 is 0 Å². The highest BCUT2D eigenvalue weighted by molar-refractivity contribution is 5.64. The van der Waals surface area contributed by atoms with Gasteiger partial charge in [0.1, 0.15) is 6.10 Å². The lowest BCUT2D eigenvalue weighted by Gasteiger charge is -2.60. The summed E-state index contributed by atoms with van der Waals surface area (Å²) >= 11 is 0. The molecule has 3 heteroatoms. The van der Waals surface area contributed by atoms with Gasteiger partial charge in [-0.1, -0.05) is 6.92 Å². The summed E-state index contributed by atoms with van der Waals surface area (Å²) in [5, 5.41) is 0. The summed E-state index contributed by atoms with van der Waals surface area (Å²) in [4.78, 5) is 11.1. The molecule has 4 rings (SSSR count). The largest absolute Gasteiger partial charge is 0.446 e. The number of amides is 1. The molecule has 2 N–H and O–H groups in total. The third kappa shape index (κ3) is 2.25. The molecule has 0 aromatic rings. The highest BCUT2D eigenvalue weighted by atomic mass is 16.6. The van der Waals surface area contributed by atoms with Crippen molar-refractivity contribution in [3.63, 3.8) is 0 Å². The van der Waals surface area contributed by atoms with E-state index in [1.165, 1.54) is 38.5 Å². The van der Waals surface area contributed by atoms with Crippen LogP contribution in [0.4, 0.5) is 4.79 Å². The Bertz CT molecular complexity index is 330. The van der Waals surface area contributed by atoms with Crippen LogP contribution < -0.4 is 5.73 Å². The van der Waals surface area contributed by atoms with Crippen LogP contribution in [-0.2, 0) is 4.74 Å². The highest BCUT2D eigenvalue weighted by Gasteiger charge is 2.54. The summed E-state index contributed by atoms with van der Waals surface area (Å²) in [5.41, 5.74) is 5.66. The van der Waals surface area contributed by atoms with E-state index in [1.807, 2.05) is 6.92 Å². The number of nitrogens with two attached hydrogens (primary N) is 1. The van der Waals surface area contributed by atoms with E-state index in [0.717, 1.165) is 24.2 Å². The molecule has 0 saturated heterocycles. The van der Waals surface area contributed by atoms with Crippen molar-refractivity contribution in [3.05, 3.63) is 0 Å². The lowest BCUT2D eigenvalue weighted by molar-refractivity contribution is -0.115. The van der Waals surface area contributed by atoms with Gasteiger partial charge in [-0.15, -0.1) is 0 Å². The molecule has 2 atom stereocenters. The number of ether oxygens (including phenoxy) is 1. The number of carbonyl (C=O) groups is 1. The predicted octanol–water partition coefficient (Wildman–Crippen LogP) is 3.71. The van der Waals surface area contributed by atoms with Crippen molar-refractivity contribution in [2.75, 3.05) is 0 Å². The summed E-state index contributed by atoms with van der Waals surface area (Å²) in [6, 6.07) is 0. The van der Waals surface area contributed by atoms with Crippen LogP contribution in [0.5, 0.6) is 0 Å². The van der Waals surface area contributed by atoms with Crippen LogP contribution in [0, 0.1) is 29.1 Å². The van der Waals surface area contributed by atoms with Gasteiger partial charge in [0.2, 0.25) is 0 Å². The highest BCUT2D eigenvalue weighted by Crippen LogP contribution is 2.63. The number of rotatable bonds is 4. The fourth-order valence-corrected chi connectivity index (χ4v) is 6.16. The molecule has 0 heterocycles. The molecule has 0 aromatic heterocycles. The molecule has 0 aromatic carbocycles. The summed E-state index contributed by atoms with van der Waals surface area (Å²) in [6.07, 6.45) is 8.93. The minimum absolute atomic E-state index is 0.0289. The number of primary amides is 1. The average molecular weight is 265 g/mol. The van der Waals surface area contributed by atoms with E-state index in [-0.39, 0.29) is 6.10 Å². The van der Waals surface area contributed by atoms with E-state index in [9.17, 15) is 4.79 Å². The second-order valence-corrected chi connectivity index (χ2v) is 7.44. The van der Waals surface area contributed by atoms with Crippen LogP contribution in [0.3, 0.4) is 0 Å². The second kappa shape index (κ2) is 4.68. The van der Waals surface area contributed by atoms with Gasteiger partial charge in [-0.3, -0.25) is 0 Å². The molecule has 2 unspecified atom stereocenters. The van der Waals surface area contributed by atoms with E-state index in [2.05, 4.69) is 6.92 Å². The normalized spacial score (nSPS) is 42.9. The molecule has 3 nitrogen and oxygen atoms in total. The van der Waals surface area contributed by atoms with Gasteiger partial charge < -0.3 is 10.5 Å². The SMILES string of the molecule is CCC(C(C)OC(N)=O)C12CC3CC(CC(C3)C1)C2. The molecule has 0 spiro atoms. The van der Waals surface area contributed by atoms with Crippen LogP contribution in [0.2, 0.25) is 0 Å². The Morgan fingerprint density at radius 3 is 2.05 bits per heavy atom. The van der Waals surface area contributed by atoms with Gasteiger partial charge in [0.25, 0.3) is 0 Å². The summed E-state index contributed by atoms with van der Waals surface area (Å²) < 4.78 is 5.33. The monoisotopic (exact) mass is 265 g/mol. The maximum Gasteiger partial charge on any atom is 0.404 e. The van der Waals surface area contributed by atoms with E-state index in [0.29, 0.717) is 11.3 Å². The minimum Gasteiger partial charge on any atom is -0.446 e. The van der Waals surface area contributed by atoms with Gasteiger partial charge in [-0.2, -0.15) is 0 Å². The average Bonchev–Trinajstić information content (AvgIpc) is 2.25. The summed E-state index contributed by atoms with van der Waals surface area (Å²) in [7, 11) is 0. The number of hydrogen-bond acceptors (Lipinski definition) is 2. The van der Waals surface area contributed by atoms with Crippen molar-refractivity contribution in [1.82, 2.24) is 0 Å². The smallest absolute Gasteiger partial charge is 0.404 e. The summed E-state index contributed by atoms with van der Waals surface area (Å²) in [6.45, 7) is 4.28. The first-order chi connectivity index (χ1) is 9.02. The second-order valence-electron chi connectivity index (χ2n) is 7.44. The first kappa shape index (κ1) is 13.3. The fourth-order valence-electron chi connectivity index (χ4n) is 6.16. The maximum absolute atomic E-state index is 11.1. The lowest BCUT2D eigenvalue weighted by atomic mass is 9.45. The zero-order chi connectivity index (χ0) is 13.6. The lowest BCUT2D eigenvalue weighted by Crippen LogP contribution is -2.52. The molecule has 19 heavy (non-hydrogen) atoms. The zero-order valence-corrected chi connectivity index (χ0v) is 12.2. The third-order valence-corrected chi connectivity index (χ3v) is 6.18. The topological polar surface area (TPSA) is 52.3 Å². The first-order valence-corrected chi connectivity index (χ1v) is 7.98. The molecule has 4 aliphatic rings. The van der Waals surface area contributed by atoms with Gasteiger partial charge >= 0.3 is 6.09 Å². The Labute approximate surface area is 116 Å². The summed E-state index contributed by atoms with van der Waals surface area (Å²) in [5.74, 6) is 3.33. The van der Waals surface area contributed by atoms with Crippen LogP contribution in [0.25, 0.3) is 0 Å². The van der Waals surface area contributed by atoms with Crippen molar-refractivity contribution in [2.24, 2.45) is 34.8 Å². The van der Waals surface area contributed by atoms with E-state index in [1.54, 1.807) is 0 Å². The van der Waals surface area contributed by atoms with E-state index >= 15 is 0 Å². The Hall–Kier alpha value is -0.730. The molecular weight excluding hydrogens is 238 g/mol. The zero-order valence-electron chi connectivity index (χ0n) is 12.2. The van der Waals surface area contributed by atoms with Gasteiger partial charge in [0.05, 0.1) is 0 Å². The molecule has 4 fully saturated rings. The Balaban J connectivity index is 1.80. The molecule has 108 valence electrons. The van der Waals surface area contributed by atoms with Crippen molar-refractivity contribution in [2.45, 2.75) is 64.9 Å². The molecular formula is C16H27NO2. The fraction of sp³-hybridized carbons (Fsp3) is 0.938. The van der Waals surface area contributed by atoms with Crippen LogP contribution in [-0.4, -0.2) is 12.2 Å². The van der Waals surface area contributed by atoms with Gasteiger partial charge in [0.15, 0.2) is 0 Å². The van der Waals surface area contributed by atoms with Gasteiger partial charge in [0, 0.05) is 5.92 Å². The quantitative estimate of drug-likeness (QED) is 0.842. The van der Waals surface area contributed by atoms with Crippen LogP contribution in [0.15, 0.2) is 0 Å². The Kier molecular flexibility index (Phi) is 3.26. The van der Waals surface area contributed by atoms with Crippen molar-refractivity contribution in [1.29, 1.82) is 0 Å². The van der Waals surface area contributed by atoms with E-state index in [4.69, 9.17) is 10.5 Å². The molecule has 0 aliphatic heterocycles. The molecule has 4 aliphatic carbocycles. The van der Waals surface area contributed by atoms with Gasteiger partial charge in [-0.25, -0.2) is 4.79 Å². The van der Waals surface area contributed by atoms with Crippen molar-refractivity contribution in [3.8, 4) is 0 Å². The van der Waals surface area contributed by atoms with Crippen LogP contribution in [0.1, 0.15) is 58.8 Å². The maximum atomic E-state index is 11.1. The van der Waals surface area contributed by atoms with Gasteiger partial charge in [-0.05, 0) is 75.0 Å². The van der Waals surface area contributed by atoms with Crippen molar-refractivity contribution < 1.29 is 9.53 Å². The molecule has 4 bridgehead atoms. The Morgan fingerprint density at radius 2 is 1.68 bits per heavy atom. The molecule has 4 saturated carbocycles. The van der Waals surface area contributed by atoms with Crippen molar-refractivity contribution >= 4 is 6.09 Å². The molecule has 1 amide bonds. The number of carbonyl (C=O) groups excluding carboxylic acids is 1. The first-order valence-electron chi connectivity index (χ1n) is 7.98. The standard InChI is InChI=1S/C16H27NO2/c1-3-14(10(2)19-15(17)18)16-7-11-4-12(8-16)6-13(5-11)9-16/h10-14H,3-9H2,1-2H3,(H2,17,18).